The molecule has 0 N–H and O–H groups in total. The van der Waals surface area contributed by atoms with Crippen molar-refractivity contribution in [2.75, 3.05) is 0 Å². The van der Waals surface area contributed by atoms with Crippen LogP contribution in [0.25, 0.3) is 0 Å². The van der Waals surface area contributed by atoms with E-state index in [9.17, 15) is 22.0 Å². The van der Waals surface area contributed by atoms with Gasteiger partial charge in [-0.05, 0) is 0 Å². The zero-order valence-electron chi connectivity index (χ0n) is 6.39. The molecule has 0 aliphatic rings. The van der Waals surface area contributed by atoms with Crippen LogP contribution in [0.15, 0.2) is 0 Å². The van der Waals surface area contributed by atoms with Crippen molar-refractivity contribution in [3.05, 3.63) is 0 Å². The van der Waals surface area contributed by atoms with E-state index in [0.29, 0.717) is 0 Å². The predicted octanol–water partition coefficient (Wildman–Crippen LogP) is 3.06. The molecular formula is C5H9F5Pb. The SMILES string of the molecule is [CH3][Pb]([CH3])([CH3])[C](F)(F)C(F)(F)F. The molecule has 0 fully saturated rings. The third kappa shape index (κ3) is 2.25. The van der Waals surface area contributed by atoms with Crippen LogP contribution in [0.2, 0.25) is 13.4 Å². The first-order valence-electron chi connectivity index (χ1n) is 2.94. The quantitative estimate of drug-likeness (QED) is 0.491. The van der Waals surface area contributed by atoms with E-state index in [2.05, 4.69) is 0 Å². The summed E-state index contributed by atoms with van der Waals surface area (Å²) in [4.78, 5) is 0. The van der Waals surface area contributed by atoms with E-state index in [1.165, 1.54) is 0 Å². The zero-order chi connectivity index (χ0) is 9.50. The fraction of sp³-hybridized carbons (Fsp3) is 1.00. The molecular weight excluding hydrogens is 362 g/mol. The van der Waals surface area contributed by atoms with Gasteiger partial charge in [0.05, 0.1) is 0 Å². The number of halogens is 5. The molecule has 0 bridgehead atoms. The van der Waals surface area contributed by atoms with Gasteiger partial charge >= 0.3 is 66.2 Å². The Labute approximate surface area is 66.4 Å². The standard InChI is InChI=1S/C2F5.3CH3.Pb/c3-1(4)2(5,6)7;;;;/h;3*1H3;. The molecule has 0 unspecified atom stereocenters. The Balaban J connectivity index is 4.75. The summed E-state index contributed by atoms with van der Waals surface area (Å²) in [5.41, 5.74) is 0. The maximum atomic E-state index is 12.4. The van der Waals surface area contributed by atoms with Gasteiger partial charge in [0, 0.05) is 0 Å². The molecule has 0 saturated heterocycles. The fourth-order valence-electron chi connectivity index (χ4n) is 0.425. The Hall–Kier alpha value is 0.572. The molecule has 0 nitrogen and oxygen atoms in total. The Kier molecular flexibility index (Phi) is 2.95. The van der Waals surface area contributed by atoms with E-state index in [0.717, 1.165) is 13.4 Å². The molecule has 0 spiro atoms. The molecule has 0 radical (unpaired) electrons. The molecule has 0 saturated carbocycles. The van der Waals surface area contributed by atoms with Crippen molar-refractivity contribution in [2.45, 2.75) is 23.1 Å². The molecule has 0 rings (SSSR count). The van der Waals surface area contributed by atoms with Crippen LogP contribution in [0.1, 0.15) is 0 Å². The molecule has 0 heterocycles. The van der Waals surface area contributed by atoms with Gasteiger partial charge in [-0.1, -0.05) is 0 Å². The second-order valence-corrected chi connectivity index (χ2v) is 23.3. The van der Waals surface area contributed by atoms with E-state index >= 15 is 0 Å². The van der Waals surface area contributed by atoms with Gasteiger partial charge in [0.25, 0.3) is 0 Å². The summed E-state index contributed by atoms with van der Waals surface area (Å²) in [5.74, 6) is 0. The van der Waals surface area contributed by atoms with Gasteiger partial charge in [0.1, 0.15) is 0 Å². The molecule has 0 aromatic heterocycles. The van der Waals surface area contributed by atoms with Crippen LogP contribution < -0.4 is 0 Å². The minimum absolute atomic E-state index is 1.07. The topological polar surface area (TPSA) is 0 Å². The van der Waals surface area contributed by atoms with Crippen LogP contribution in [0.4, 0.5) is 22.0 Å². The molecule has 11 heavy (non-hydrogen) atoms. The molecule has 0 amide bonds. The predicted molar refractivity (Wildman–Crippen MR) is 34.3 cm³/mol. The van der Waals surface area contributed by atoms with Crippen molar-refractivity contribution >= 4 is 21.2 Å². The average Bonchev–Trinajstić information content (AvgIpc) is 1.58. The Bertz CT molecular complexity index is 126. The molecule has 68 valence electrons. The van der Waals surface area contributed by atoms with Crippen molar-refractivity contribution < 1.29 is 22.0 Å². The van der Waals surface area contributed by atoms with Crippen LogP contribution in [0.3, 0.4) is 0 Å². The van der Waals surface area contributed by atoms with Gasteiger partial charge in [-0.15, -0.1) is 0 Å². The van der Waals surface area contributed by atoms with Gasteiger partial charge < -0.3 is 0 Å². The number of alkyl halides is 5. The zero-order valence-corrected chi connectivity index (χ0v) is 10.3. The first kappa shape index (κ1) is 11.6. The average molecular weight is 371 g/mol. The summed E-state index contributed by atoms with van der Waals surface area (Å²) in [6.45, 7) is 0. The molecule has 0 aliphatic heterocycles. The summed E-state index contributed by atoms with van der Waals surface area (Å²) < 4.78 is 58.5. The van der Waals surface area contributed by atoms with E-state index in [-0.39, 0.29) is 0 Å². The molecule has 0 aromatic carbocycles. The Morgan fingerprint density at radius 3 is 1.09 bits per heavy atom. The minimum atomic E-state index is -5.35. The van der Waals surface area contributed by atoms with Gasteiger partial charge in [0.2, 0.25) is 0 Å². The fourth-order valence-corrected chi connectivity index (χ4v) is 3.73. The van der Waals surface area contributed by atoms with Crippen LogP contribution in [0, 0.1) is 0 Å². The van der Waals surface area contributed by atoms with Gasteiger partial charge in [-0.25, -0.2) is 0 Å². The Morgan fingerprint density at radius 2 is 1.09 bits per heavy atom. The molecule has 6 heteroatoms. The third-order valence-corrected chi connectivity index (χ3v) is 9.72. The molecule has 0 aromatic rings. The summed E-state index contributed by atoms with van der Waals surface area (Å²) in [6, 6.07) is 0. The molecule has 0 atom stereocenters. The van der Waals surface area contributed by atoms with E-state index in [1.807, 2.05) is 0 Å². The van der Waals surface area contributed by atoms with Crippen LogP contribution in [-0.2, 0) is 0 Å². The summed E-state index contributed by atoms with van der Waals surface area (Å²) in [7, 11) is 0. The first-order valence-corrected chi connectivity index (χ1v) is 16.6. The summed E-state index contributed by atoms with van der Waals surface area (Å²) >= 11 is -4.32. The van der Waals surface area contributed by atoms with Gasteiger partial charge in [0.15, 0.2) is 0 Å². The van der Waals surface area contributed by atoms with Crippen LogP contribution in [-0.4, -0.2) is 30.8 Å². The van der Waals surface area contributed by atoms with Gasteiger partial charge in [-0.2, -0.15) is 0 Å². The van der Waals surface area contributed by atoms with Crippen molar-refractivity contribution in [1.29, 1.82) is 0 Å². The number of rotatable bonds is 1. The normalized spacial score (nSPS) is 15.3. The summed E-state index contributed by atoms with van der Waals surface area (Å²) in [6.07, 6.45) is -5.35. The van der Waals surface area contributed by atoms with Crippen LogP contribution in [0.5, 0.6) is 0 Å². The third-order valence-electron chi connectivity index (χ3n) is 1.30. The second-order valence-electron chi connectivity index (χ2n) is 3.32. The van der Waals surface area contributed by atoms with E-state index < -0.39 is 30.8 Å². The van der Waals surface area contributed by atoms with Crippen molar-refractivity contribution in [3.8, 4) is 0 Å². The van der Waals surface area contributed by atoms with Crippen molar-refractivity contribution in [2.24, 2.45) is 0 Å². The van der Waals surface area contributed by atoms with Gasteiger partial charge in [-0.3, -0.25) is 0 Å². The number of hydrogen-bond acceptors (Lipinski definition) is 0. The maximum absolute atomic E-state index is 12.4. The first-order chi connectivity index (χ1) is 4.50. The molecule has 0 aliphatic carbocycles. The number of hydrogen-bond donors (Lipinski definition) is 0. The van der Waals surface area contributed by atoms with Crippen LogP contribution >= 0.6 is 0 Å². The summed E-state index contributed by atoms with van der Waals surface area (Å²) in [5, 5.41) is 0. The van der Waals surface area contributed by atoms with Crippen molar-refractivity contribution in [3.63, 3.8) is 0 Å². The monoisotopic (exact) mass is 372 g/mol. The van der Waals surface area contributed by atoms with Crippen molar-refractivity contribution in [1.82, 2.24) is 0 Å². The van der Waals surface area contributed by atoms with E-state index in [4.69, 9.17) is 0 Å². The Morgan fingerprint density at radius 1 is 0.818 bits per heavy atom. The van der Waals surface area contributed by atoms with E-state index in [1.54, 1.807) is 0 Å². The second kappa shape index (κ2) is 2.81.